The summed E-state index contributed by atoms with van der Waals surface area (Å²) < 4.78 is 4.52. The molecule has 0 aliphatic rings. The first-order valence-corrected chi connectivity index (χ1v) is 3.94. The second kappa shape index (κ2) is 4.20. The Morgan fingerprint density at radius 1 is 1.33 bits per heavy atom. The van der Waals surface area contributed by atoms with E-state index < -0.39 is 0 Å². The maximum Gasteiger partial charge on any atom is 0.286 e. The van der Waals surface area contributed by atoms with Gasteiger partial charge in [-0.15, -0.1) is 0 Å². The van der Waals surface area contributed by atoms with Crippen LogP contribution in [-0.2, 0) is 11.3 Å². The molecule has 0 N–H and O–H groups in total. The van der Waals surface area contributed by atoms with E-state index in [1.165, 1.54) is 0 Å². The first kappa shape index (κ1) is 9.18. The van der Waals surface area contributed by atoms with E-state index in [0.29, 0.717) is 10.0 Å². The Morgan fingerprint density at radius 2 is 2.08 bits per heavy atom. The molecule has 62 valence electrons. The van der Waals surface area contributed by atoms with E-state index in [2.05, 4.69) is 4.74 Å². The molecule has 0 amide bonds. The molecule has 1 aromatic rings. The second-order valence-electron chi connectivity index (χ2n) is 2.13. The quantitative estimate of drug-likeness (QED) is 0.690. The predicted octanol–water partition coefficient (Wildman–Crippen LogP) is 2.99. The molecule has 0 saturated heterocycles. The van der Waals surface area contributed by atoms with Gasteiger partial charge in [0.05, 0.1) is 10.0 Å². The van der Waals surface area contributed by atoms with Crippen LogP contribution in [0.4, 0.5) is 0 Å². The third-order valence-electron chi connectivity index (χ3n) is 1.29. The Kier molecular flexibility index (Phi) is 3.21. The smallest absolute Gasteiger partial charge is 0.286 e. The monoisotopic (exact) mass is 201 g/mol. The van der Waals surface area contributed by atoms with Crippen LogP contribution < -0.4 is 0 Å². The van der Waals surface area contributed by atoms with Gasteiger partial charge < -0.3 is 4.74 Å². The predicted molar refractivity (Wildman–Crippen MR) is 46.9 cm³/mol. The normalized spacial score (nSPS) is 9.08. The van der Waals surface area contributed by atoms with Gasteiger partial charge in [0.2, 0.25) is 0 Å². The zero-order valence-corrected chi connectivity index (χ0v) is 7.56. The summed E-state index contributed by atoms with van der Waals surface area (Å²) in [6, 6.07) is 5.09. The van der Waals surface area contributed by atoms with Gasteiger partial charge in [0.25, 0.3) is 6.26 Å². The van der Waals surface area contributed by atoms with Crippen molar-refractivity contribution in [3.8, 4) is 6.26 Å². The number of nitrogens with zero attached hydrogens (tertiary/aromatic N) is 1. The molecule has 0 saturated carbocycles. The van der Waals surface area contributed by atoms with Crippen molar-refractivity contribution in [3.63, 3.8) is 0 Å². The number of nitriles is 1. The van der Waals surface area contributed by atoms with Crippen molar-refractivity contribution in [2.45, 2.75) is 6.61 Å². The second-order valence-corrected chi connectivity index (χ2v) is 2.94. The van der Waals surface area contributed by atoms with Gasteiger partial charge in [-0.25, -0.2) is 0 Å². The van der Waals surface area contributed by atoms with Crippen LogP contribution in [0.1, 0.15) is 5.56 Å². The Morgan fingerprint density at radius 3 is 2.67 bits per heavy atom. The van der Waals surface area contributed by atoms with E-state index in [9.17, 15) is 0 Å². The summed E-state index contributed by atoms with van der Waals surface area (Å²) in [7, 11) is 0. The van der Waals surface area contributed by atoms with Crippen LogP contribution in [0.25, 0.3) is 0 Å². The Balaban J connectivity index is 2.77. The Hall–Kier alpha value is -0.910. The van der Waals surface area contributed by atoms with E-state index in [1.54, 1.807) is 24.5 Å². The van der Waals surface area contributed by atoms with Crippen molar-refractivity contribution >= 4 is 23.2 Å². The standard InChI is InChI=1S/C8H5Cl2NO/c9-7-2-1-6(3-8(7)10)4-12-5-11/h1-3H,4H2. The van der Waals surface area contributed by atoms with Gasteiger partial charge in [-0.05, 0) is 17.7 Å². The highest BCUT2D eigenvalue weighted by molar-refractivity contribution is 6.41. The molecule has 0 atom stereocenters. The fraction of sp³-hybridized carbons (Fsp3) is 0.125. The number of rotatable bonds is 2. The molecule has 0 unspecified atom stereocenters. The highest BCUT2D eigenvalue weighted by Gasteiger charge is 1.98. The van der Waals surface area contributed by atoms with Gasteiger partial charge in [-0.3, -0.25) is 0 Å². The van der Waals surface area contributed by atoms with E-state index in [-0.39, 0.29) is 6.61 Å². The molecule has 0 spiro atoms. The van der Waals surface area contributed by atoms with Crippen molar-refractivity contribution < 1.29 is 4.74 Å². The molecule has 12 heavy (non-hydrogen) atoms. The Labute approximate surface area is 80.3 Å². The highest BCUT2D eigenvalue weighted by Crippen LogP contribution is 2.22. The number of hydrogen-bond acceptors (Lipinski definition) is 2. The van der Waals surface area contributed by atoms with Crippen LogP contribution in [0, 0.1) is 11.5 Å². The SMILES string of the molecule is N#COCc1ccc(Cl)c(Cl)c1. The average Bonchev–Trinajstić information content (AvgIpc) is 2.07. The molecule has 1 rings (SSSR count). The molecule has 4 heteroatoms. The van der Waals surface area contributed by atoms with Crippen LogP contribution in [0.3, 0.4) is 0 Å². The maximum atomic E-state index is 8.12. The molecule has 0 radical (unpaired) electrons. The summed E-state index contributed by atoms with van der Waals surface area (Å²) in [5, 5.41) is 9.09. The summed E-state index contributed by atoms with van der Waals surface area (Å²) >= 11 is 11.4. The van der Waals surface area contributed by atoms with Gasteiger partial charge in [0.15, 0.2) is 0 Å². The first-order chi connectivity index (χ1) is 5.74. The molecule has 0 heterocycles. The molecule has 1 aromatic carbocycles. The van der Waals surface area contributed by atoms with E-state index in [4.69, 9.17) is 28.5 Å². The van der Waals surface area contributed by atoms with E-state index in [0.717, 1.165) is 5.56 Å². The molecule has 0 aliphatic heterocycles. The topological polar surface area (TPSA) is 33.0 Å². The molecule has 0 bridgehead atoms. The van der Waals surface area contributed by atoms with Crippen LogP contribution in [0.5, 0.6) is 0 Å². The summed E-state index contributed by atoms with van der Waals surface area (Å²) in [5.74, 6) is 0. The van der Waals surface area contributed by atoms with Gasteiger partial charge >= 0.3 is 0 Å². The molecule has 0 aromatic heterocycles. The molecule has 0 fully saturated rings. The molecule has 2 nitrogen and oxygen atoms in total. The van der Waals surface area contributed by atoms with Gasteiger partial charge in [-0.1, -0.05) is 29.3 Å². The lowest BCUT2D eigenvalue weighted by Gasteiger charge is -1.99. The van der Waals surface area contributed by atoms with Crippen LogP contribution in [0.2, 0.25) is 10.0 Å². The van der Waals surface area contributed by atoms with Gasteiger partial charge in [-0.2, -0.15) is 5.26 Å². The summed E-state index contributed by atoms with van der Waals surface area (Å²) in [5.41, 5.74) is 0.825. The molecule has 0 aliphatic carbocycles. The van der Waals surface area contributed by atoms with Crippen molar-refractivity contribution in [2.75, 3.05) is 0 Å². The lowest BCUT2D eigenvalue weighted by Crippen LogP contribution is -1.86. The molecular weight excluding hydrogens is 197 g/mol. The zero-order chi connectivity index (χ0) is 8.97. The largest absolute Gasteiger partial charge is 0.423 e. The van der Waals surface area contributed by atoms with Gasteiger partial charge in [0.1, 0.15) is 6.61 Å². The highest BCUT2D eigenvalue weighted by atomic mass is 35.5. The van der Waals surface area contributed by atoms with Crippen molar-refractivity contribution in [1.29, 1.82) is 5.26 Å². The van der Waals surface area contributed by atoms with E-state index >= 15 is 0 Å². The minimum atomic E-state index is 0.230. The Bertz CT molecular complexity index is 319. The summed E-state index contributed by atoms with van der Waals surface area (Å²) in [6.07, 6.45) is 1.57. The van der Waals surface area contributed by atoms with Crippen molar-refractivity contribution in [2.24, 2.45) is 0 Å². The maximum absolute atomic E-state index is 8.12. The third kappa shape index (κ3) is 2.30. The van der Waals surface area contributed by atoms with E-state index in [1.807, 2.05) is 0 Å². The number of halogens is 2. The number of benzene rings is 1. The van der Waals surface area contributed by atoms with Crippen LogP contribution >= 0.6 is 23.2 Å². The molecular formula is C8H5Cl2NO. The zero-order valence-electron chi connectivity index (χ0n) is 6.05. The van der Waals surface area contributed by atoms with Gasteiger partial charge in [0, 0.05) is 0 Å². The van der Waals surface area contributed by atoms with Crippen LogP contribution in [-0.4, -0.2) is 0 Å². The minimum Gasteiger partial charge on any atom is -0.423 e. The fourth-order valence-electron chi connectivity index (χ4n) is 0.745. The van der Waals surface area contributed by atoms with Crippen molar-refractivity contribution in [1.82, 2.24) is 0 Å². The number of hydrogen-bond donors (Lipinski definition) is 0. The fourth-order valence-corrected chi connectivity index (χ4v) is 1.07. The van der Waals surface area contributed by atoms with Crippen molar-refractivity contribution in [3.05, 3.63) is 33.8 Å². The lowest BCUT2D eigenvalue weighted by atomic mass is 10.2. The lowest BCUT2D eigenvalue weighted by molar-refractivity contribution is 0.257. The van der Waals surface area contributed by atoms with Crippen LogP contribution in [0.15, 0.2) is 18.2 Å². The number of ether oxygens (including phenoxy) is 1. The summed E-state index contributed by atoms with van der Waals surface area (Å²) in [6.45, 7) is 0.230. The summed E-state index contributed by atoms with van der Waals surface area (Å²) in [4.78, 5) is 0. The first-order valence-electron chi connectivity index (χ1n) is 3.19. The average molecular weight is 202 g/mol. The minimum absolute atomic E-state index is 0.230. The third-order valence-corrected chi connectivity index (χ3v) is 2.03.